The Morgan fingerprint density at radius 3 is 2.41 bits per heavy atom. The van der Waals surface area contributed by atoms with Crippen molar-refractivity contribution in [2.75, 3.05) is 31.5 Å². The maximum Gasteiger partial charge on any atom is 0.323 e. The average Bonchev–Trinajstić information content (AvgIpc) is 3.78. The van der Waals surface area contributed by atoms with Crippen LogP contribution in [0.1, 0.15) is 44.3 Å². The van der Waals surface area contributed by atoms with Crippen molar-refractivity contribution < 1.29 is 28.1 Å². The van der Waals surface area contributed by atoms with E-state index in [4.69, 9.17) is 4.42 Å². The molecule has 238 valence electrons. The molecule has 2 aromatic heterocycles. The van der Waals surface area contributed by atoms with Gasteiger partial charge in [0.15, 0.2) is 5.76 Å². The molecule has 2 aromatic carbocycles. The number of piperazine rings is 1. The number of ketones is 1. The normalized spacial score (nSPS) is 21.3. The summed E-state index contributed by atoms with van der Waals surface area (Å²) in [5, 5.41) is 19.8. The van der Waals surface area contributed by atoms with Crippen molar-refractivity contribution in [3.8, 4) is 0 Å². The second-order valence-corrected chi connectivity index (χ2v) is 12.4. The van der Waals surface area contributed by atoms with Crippen molar-refractivity contribution in [2.24, 2.45) is 5.92 Å². The van der Waals surface area contributed by atoms with Crippen molar-refractivity contribution in [2.45, 2.75) is 31.8 Å². The van der Waals surface area contributed by atoms with Crippen LogP contribution >= 0.6 is 11.3 Å². The molecule has 2 saturated heterocycles. The van der Waals surface area contributed by atoms with Gasteiger partial charge in [-0.1, -0.05) is 12.1 Å². The van der Waals surface area contributed by atoms with Crippen LogP contribution in [0.15, 0.2) is 76.5 Å². The zero-order valence-corrected chi connectivity index (χ0v) is 26.0. The van der Waals surface area contributed by atoms with Gasteiger partial charge in [-0.2, -0.15) is 0 Å². The Morgan fingerprint density at radius 1 is 1.04 bits per heavy atom. The van der Waals surface area contributed by atoms with Gasteiger partial charge in [-0.15, -0.1) is 11.3 Å². The van der Waals surface area contributed by atoms with E-state index in [0.717, 1.165) is 10.4 Å². The van der Waals surface area contributed by atoms with E-state index in [2.05, 4.69) is 10.6 Å². The summed E-state index contributed by atoms with van der Waals surface area (Å²) < 4.78 is 19.6. The molecular formula is C33H32FN5O6S. The van der Waals surface area contributed by atoms with E-state index >= 15 is 0 Å². The molecule has 4 unspecified atom stereocenters. The van der Waals surface area contributed by atoms with E-state index in [0.29, 0.717) is 37.5 Å². The number of hydrogen-bond donors (Lipinski definition) is 2. The Labute approximate surface area is 268 Å². The van der Waals surface area contributed by atoms with E-state index in [1.807, 2.05) is 18.4 Å². The number of thiophene rings is 1. The van der Waals surface area contributed by atoms with Crippen LogP contribution in [0.25, 0.3) is 0 Å². The fourth-order valence-electron chi connectivity index (χ4n) is 6.49. The number of anilines is 1. The third kappa shape index (κ3) is 5.90. The number of aryl methyl sites for hydroxylation is 2. The Kier molecular flexibility index (Phi) is 8.69. The van der Waals surface area contributed by atoms with Crippen LogP contribution in [0.4, 0.5) is 20.6 Å². The number of halogens is 1. The first-order valence-corrected chi connectivity index (χ1v) is 15.8. The van der Waals surface area contributed by atoms with Crippen molar-refractivity contribution in [1.82, 2.24) is 15.1 Å². The Hall–Kier alpha value is -4.88. The highest BCUT2D eigenvalue weighted by atomic mass is 32.1. The Bertz CT molecular complexity index is 1780. The number of carbonyl (C=O) groups excluding carboxylic acids is 3. The lowest BCUT2D eigenvalue weighted by molar-refractivity contribution is -0.385. The van der Waals surface area contributed by atoms with Gasteiger partial charge in [-0.3, -0.25) is 19.7 Å². The number of Topliss-reactive ketones (excluding diaryl/α,β-unsaturated/α-hetero) is 1. The van der Waals surface area contributed by atoms with Crippen molar-refractivity contribution in [1.29, 1.82) is 0 Å². The summed E-state index contributed by atoms with van der Waals surface area (Å²) in [6.07, 6.45) is 0. The third-order valence-electron chi connectivity index (χ3n) is 8.59. The van der Waals surface area contributed by atoms with Crippen LogP contribution in [0.5, 0.6) is 0 Å². The fraction of sp³-hybridized carbons (Fsp3) is 0.303. The second-order valence-electron chi connectivity index (χ2n) is 11.5. The number of likely N-dealkylation sites (tertiary alicyclic amines) is 1. The molecule has 11 nitrogen and oxygen atoms in total. The maximum atomic E-state index is 14.7. The van der Waals surface area contributed by atoms with Gasteiger partial charge in [0, 0.05) is 54.8 Å². The van der Waals surface area contributed by atoms with Gasteiger partial charge in [-0.05, 0) is 72.8 Å². The van der Waals surface area contributed by atoms with E-state index in [1.54, 1.807) is 30.0 Å². The first kappa shape index (κ1) is 31.1. The highest BCUT2D eigenvalue weighted by Crippen LogP contribution is 2.53. The van der Waals surface area contributed by atoms with Gasteiger partial charge in [-0.25, -0.2) is 9.18 Å². The van der Waals surface area contributed by atoms with Crippen LogP contribution in [0.2, 0.25) is 0 Å². The molecule has 13 heteroatoms. The Balaban J connectivity index is 1.59. The lowest BCUT2D eigenvalue weighted by Gasteiger charge is -2.36. The SMILES string of the molecule is Cc1ccc(C(=O)C2C(c3sccc3C)C(C(=O)N3CCNCC3)N(C(=O)Nc3ccc(F)cc3)C2c2cccc([N+](=O)[O-])c2)o1. The molecular weight excluding hydrogens is 613 g/mol. The molecule has 2 aliphatic rings. The lowest BCUT2D eigenvalue weighted by atomic mass is 9.79. The van der Waals surface area contributed by atoms with Crippen LogP contribution in [0.3, 0.4) is 0 Å². The number of non-ortho nitro benzene ring substituents is 1. The highest BCUT2D eigenvalue weighted by Gasteiger charge is 2.59. The quantitative estimate of drug-likeness (QED) is 0.150. The monoisotopic (exact) mass is 645 g/mol. The summed E-state index contributed by atoms with van der Waals surface area (Å²) in [4.78, 5) is 58.9. The number of furan rings is 1. The van der Waals surface area contributed by atoms with E-state index in [-0.39, 0.29) is 23.0 Å². The smallest absolute Gasteiger partial charge is 0.323 e. The molecule has 4 atom stereocenters. The minimum atomic E-state index is -1.16. The summed E-state index contributed by atoms with van der Waals surface area (Å²) in [5.41, 5.74) is 1.22. The van der Waals surface area contributed by atoms with Gasteiger partial charge < -0.3 is 24.9 Å². The molecule has 2 fully saturated rings. The molecule has 4 aromatic rings. The maximum absolute atomic E-state index is 14.7. The van der Waals surface area contributed by atoms with Crippen molar-refractivity contribution in [3.05, 3.63) is 116 Å². The molecule has 0 bridgehead atoms. The Morgan fingerprint density at radius 2 is 1.78 bits per heavy atom. The summed E-state index contributed by atoms with van der Waals surface area (Å²) >= 11 is 1.39. The summed E-state index contributed by atoms with van der Waals surface area (Å²) in [6, 6.07) is 13.1. The number of nitrogens with one attached hydrogen (secondary N) is 2. The number of nitro groups is 1. The topological polar surface area (TPSA) is 138 Å². The van der Waals surface area contributed by atoms with Gasteiger partial charge in [0.25, 0.3) is 5.69 Å². The lowest BCUT2D eigenvalue weighted by Crippen LogP contribution is -2.55. The summed E-state index contributed by atoms with van der Waals surface area (Å²) in [6.45, 7) is 5.52. The molecule has 6 rings (SSSR count). The molecule has 0 saturated carbocycles. The minimum absolute atomic E-state index is 0.0614. The zero-order chi connectivity index (χ0) is 32.5. The first-order chi connectivity index (χ1) is 22.1. The second kappa shape index (κ2) is 12.9. The van der Waals surface area contributed by atoms with E-state index in [1.165, 1.54) is 58.7 Å². The predicted molar refractivity (Wildman–Crippen MR) is 169 cm³/mol. The standard InChI is InChI=1S/C33H32FN5O6S/c1-19-12-17-46-31(19)27-26(30(40)25-11-6-20(2)45-25)28(21-4-3-5-24(18-21)39(43)44)38(29(27)32(41)37-15-13-35-14-16-37)33(42)36-23-9-7-22(34)8-10-23/h3-12,17-18,26-29,35H,13-16H2,1-2H3,(H,36,42). The molecule has 46 heavy (non-hydrogen) atoms. The molecule has 3 amide bonds. The van der Waals surface area contributed by atoms with Crippen molar-refractivity contribution in [3.63, 3.8) is 0 Å². The van der Waals surface area contributed by atoms with Crippen LogP contribution in [-0.4, -0.2) is 64.7 Å². The molecule has 4 heterocycles. The number of urea groups is 1. The molecule has 2 N–H and O–H groups in total. The van der Waals surface area contributed by atoms with E-state index < -0.39 is 46.5 Å². The van der Waals surface area contributed by atoms with Crippen LogP contribution in [0, 0.1) is 35.7 Å². The predicted octanol–water partition coefficient (Wildman–Crippen LogP) is 5.68. The largest absolute Gasteiger partial charge is 0.458 e. The molecule has 2 aliphatic heterocycles. The number of hydrogen-bond acceptors (Lipinski definition) is 8. The summed E-state index contributed by atoms with van der Waals surface area (Å²) in [5.74, 6) is -2.56. The van der Waals surface area contributed by atoms with Gasteiger partial charge in [0.1, 0.15) is 17.6 Å². The number of amides is 3. The first-order valence-electron chi connectivity index (χ1n) is 14.9. The average molecular weight is 646 g/mol. The van der Waals surface area contributed by atoms with Crippen LogP contribution in [-0.2, 0) is 4.79 Å². The zero-order valence-electron chi connectivity index (χ0n) is 25.1. The van der Waals surface area contributed by atoms with Gasteiger partial charge >= 0.3 is 6.03 Å². The third-order valence-corrected chi connectivity index (χ3v) is 9.71. The molecule has 0 aliphatic carbocycles. The highest BCUT2D eigenvalue weighted by molar-refractivity contribution is 7.10. The minimum Gasteiger partial charge on any atom is -0.458 e. The fourth-order valence-corrected chi connectivity index (χ4v) is 7.60. The molecule has 0 radical (unpaired) electrons. The van der Waals surface area contributed by atoms with Gasteiger partial charge in [0.05, 0.1) is 16.9 Å². The molecule has 0 spiro atoms. The van der Waals surface area contributed by atoms with Gasteiger partial charge in [0.2, 0.25) is 11.7 Å². The van der Waals surface area contributed by atoms with E-state index in [9.17, 15) is 28.9 Å². The number of nitrogens with zero attached hydrogens (tertiary/aromatic N) is 3. The number of nitro benzene ring substituents is 1. The summed E-state index contributed by atoms with van der Waals surface area (Å²) in [7, 11) is 0. The van der Waals surface area contributed by atoms with Crippen molar-refractivity contribution >= 4 is 40.4 Å². The number of rotatable bonds is 7. The van der Waals surface area contributed by atoms with Crippen LogP contribution < -0.4 is 10.6 Å². The number of benzene rings is 2. The number of carbonyl (C=O) groups is 3.